The Labute approximate surface area is 171 Å². The summed E-state index contributed by atoms with van der Waals surface area (Å²) in [4.78, 5) is 26.7. The van der Waals surface area contributed by atoms with Gasteiger partial charge in [0.15, 0.2) is 6.61 Å². The molecule has 0 fully saturated rings. The average molecular weight is 400 g/mol. The normalized spacial score (nSPS) is 11.6. The summed E-state index contributed by atoms with van der Waals surface area (Å²) in [6.07, 6.45) is 0.787. The van der Waals surface area contributed by atoms with E-state index in [4.69, 9.17) is 4.74 Å². The molecule has 5 nitrogen and oxygen atoms in total. The summed E-state index contributed by atoms with van der Waals surface area (Å²) in [5.74, 6) is -0.495. The van der Waals surface area contributed by atoms with Crippen molar-refractivity contribution < 1.29 is 18.7 Å². The molecule has 0 aliphatic carbocycles. The van der Waals surface area contributed by atoms with Crippen LogP contribution in [0.1, 0.15) is 37.0 Å². The van der Waals surface area contributed by atoms with Crippen LogP contribution in [0.5, 0.6) is 5.75 Å². The van der Waals surface area contributed by atoms with Gasteiger partial charge in [-0.25, -0.2) is 4.39 Å². The van der Waals surface area contributed by atoms with Crippen molar-refractivity contribution in [3.8, 4) is 5.75 Å². The summed E-state index contributed by atoms with van der Waals surface area (Å²) in [7, 11) is 0. The van der Waals surface area contributed by atoms with Crippen LogP contribution in [0.4, 0.5) is 4.39 Å². The molecular weight excluding hydrogens is 371 g/mol. The van der Waals surface area contributed by atoms with E-state index in [-0.39, 0.29) is 25.0 Å². The number of carbonyl (C=O) groups is 2. The summed E-state index contributed by atoms with van der Waals surface area (Å²) in [6, 6.07) is 11.1. The number of benzene rings is 2. The van der Waals surface area contributed by atoms with Gasteiger partial charge in [-0.2, -0.15) is 0 Å². The van der Waals surface area contributed by atoms with E-state index in [9.17, 15) is 14.0 Å². The summed E-state index contributed by atoms with van der Waals surface area (Å²) in [5.41, 5.74) is 2.54. The number of hydrogen-bond donors (Lipinski definition) is 1. The molecule has 2 amide bonds. The molecule has 0 aliphatic heterocycles. The van der Waals surface area contributed by atoms with Gasteiger partial charge >= 0.3 is 0 Å². The molecule has 2 rings (SSSR count). The molecule has 0 spiro atoms. The SMILES string of the molecule is CCCNC(=O)C(C)N(Cc1ccccc1F)C(=O)COc1ccc(C)c(C)c1. The van der Waals surface area contributed by atoms with Crippen molar-refractivity contribution in [2.75, 3.05) is 13.2 Å². The van der Waals surface area contributed by atoms with Crippen LogP contribution in [0.15, 0.2) is 42.5 Å². The van der Waals surface area contributed by atoms with Crippen molar-refractivity contribution >= 4 is 11.8 Å². The first kappa shape index (κ1) is 22.4. The smallest absolute Gasteiger partial charge is 0.261 e. The van der Waals surface area contributed by atoms with Gasteiger partial charge in [-0.3, -0.25) is 9.59 Å². The first-order valence-electron chi connectivity index (χ1n) is 9.84. The predicted octanol–water partition coefficient (Wildman–Crippen LogP) is 3.76. The Morgan fingerprint density at radius 1 is 1.14 bits per heavy atom. The third-order valence-electron chi connectivity index (χ3n) is 4.86. The van der Waals surface area contributed by atoms with Gasteiger partial charge in [0, 0.05) is 18.7 Å². The summed E-state index contributed by atoms with van der Waals surface area (Å²) in [6.45, 7) is 7.82. The zero-order chi connectivity index (χ0) is 21.4. The highest BCUT2D eigenvalue weighted by atomic mass is 19.1. The third-order valence-corrected chi connectivity index (χ3v) is 4.86. The lowest BCUT2D eigenvalue weighted by atomic mass is 10.1. The molecule has 1 atom stereocenters. The Morgan fingerprint density at radius 2 is 1.86 bits per heavy atom. The molecule has 0 heterocycles. The predicted molar refractivity (Wildman–Crippen MR) is 111 cm³/mol. The van der Waals surface area contributed by atoms with E-state index >= 15 is 0 Å². The third kappa shape index (κ3) is 6.31. The second-order valence-corrected chi connectivity index (χ2v) is 7.11. The number of carbonyl (C=O) groups excluding carboxylic acids is 2. The number of halogens is 1. The van der Waals surface area contributed by atoms with Crippen LogP contribution in [-0.2, 0) is 16.1 Å². The number of rotatable bonds is 9. The largest absolute Gasteiger partial charge is 0.484 e. The lowest BCUT2D eigenvalue weighted by Gasteiger charge is -2.29. The molecule has 0 radical (unpaired) electrons. The van der Waals surface area contributed by atoms with Crippen molar-refractivity contribution in [3.63, 3.8) is 0 Å². The zero-order valence-electron chi connectivity index (χ0n) is 17.5. The quantitative estimate of drug-likeness (QED) is 0.697. The fourth-order valence-electron chi connectivity index (χ4n) is 2.82. The van der Waals surface area contributed by atoms with Gasteiger partial charge in [0.2, 0.25) is 5.91 Å². The minimum absolute atomic E-state index is 0.0114. The highest BCUT2D eigenvalue weighted by Gasteiger charge is 2.27. The van der Waals surface area contributed by atoms with Crippen LogP contribution in [0.2, 0.25) is 0 Å². The molecule has 2 aromatic rings. The molecule has 0 saturated carbocycles. The number of hydrogen-bond acceptors (Lipinski definition) is 3. The molecule has 0 aromatic heterocycles. The van der Waals surface area contributed by atoms with Gasteiger partial charge in [-0.1, -0.05) is 31.2 Å². The van der Waals surface area contributed by atoms with Crippen molar-refractivity contribution in [1.82, 2.24) is 10.2 Å². The van der Waals surface area contributed by atoms with Crippen molar-refractivity contribution in [2.24, 2.45) is 0 Å². The molecule has 1 unspecified atom stereocenters. The number of ether oxygens (including phenoxy) is 1. The second-order valence-electron chi connectivity index (χ2n) is 7.11. The average Bonchev–Trinajstić information content (AvgIpc) is 2.71. The topological polar surface area (TPSA) is 58.6 Å². The Morgan fingerprint density at radius 3 is 2.52 bits per heavy atom. The monoisotopic (exact) mass is 400 g/mol. The van der Waals surface area contributed by atoms with Crippen LogP contribution in [0, 0.1) is 19.7 Å². The maximum absolute atomic E-state index is 14.1. The molecule has 0 bridgehead atoms. The molecule has 156 valence electrons. The molecule has 1 N–H and O–H groups in total. The first-order valence-corrected chi connectivity index (χ1v) is 9.84. The maximum Gasteiger partial charge on any atom is 0.261 e. The summed E-state index contributed by atoms with van der Waals surface area (Å²) < 4.78 is 19.8. The van der Waals surface area contributed by atoms with Crippen molar-refractivity contribution in [1.29, 1.82) is 0 Å². The number of nitrogens with one attached hydrogen (secondary N) is 1. The van der Waals surface area contributed by atoms with E-state index in [2.05, 4.69) is 5.32 Å². The number of aryl methyl sites for hydroxylation is 2. The number of amides is 2. The Kier molecular flexibility index (Phi) is 8.19. The Bertz CT molecular complexity index is 854. The van der Waals surface area contributed by atoms with Gasteiger partial charge in [0.25, 0.3) is 5.91 Å². The van der Waals surface area contributed by atoms with Crippen LogP contribution in [-0.4, -0.2) is 35.9 Å². The second kappa shape index (κ2) is 10.6. The first-order chi connectivity index (χ1) is 13.8. The van der Waals surface area contributed by atoms with Crippen LogP contribution < -0.4 is 10.1 Å². The van der Waals surface area contributed by atoms with Gasteiger partial charge in [0.05, 0.1) is 0 Å². The molecule has 0 aliphatic rings. The molecule has 2 aromatic carbocycles. The number of nitrogens with zero attached hydrogens (tertiary/aromatic N) is 1. The zero-order valence-corrected chi connectivity index (χ0v) is 17.5. The fraction of sp³-hybridized carbons (Fsp3) is 0.391. The minimum Gasteiger partial charge on any atom is -0.484 e. The van der Waals surface area contributed by atoms with Crippen LogP contribution >= 0.6 is 0 Å². The van der Waals surface area contributed by atoms with E-state index < -0.39 is 11.9 Å². The van der Waals surface area contributed by atoms with E-state index in [1.807, 2.05) is 32.9 Å². The van der Waals surface area contributed by atoms with Gasteiger partial charge in [-0.05, 0) is 56.5 Å². The van der Waals surface area contributed by atoms with Crippen LogP contribution in [0.3, 0.4) is 0 Å². The van der Waals surface area contributed by atoms with E-state index in [0.717, 1.165) is 17.5 Å². The molecule has 6 heteroatoms. The Hall–Kier alpha value is -2.89. The van der Waals surface area contributed by atoms with E-state index in [1.165, 1.54) is 11.0 Å². The highest BCUT2D eigenvalue weighted by Crippen LogP contribution is 2.18. The lowest BCUT2D eigenvalue weighted by molar-refractivity contribution is -0.142. The summed E-state index contributed by atoms with van der Waals surface area (Å²) >= 11 is 0. The van der Waals surface area contributed by atoms with Gasteiger partial charge < -0.3 is 15.0 Å². The van der Waals surface area contributed by atoms with Crippen molar-refractivity contribution in [3.05, 3.63) is 65.0 Å². The maximum atomic E-state index is 14.1. The van der Waals surface area contributed by atoms with Gasteiger partial charge in [0.1, 0.15) is 17.6 Å². The molecule has 29 heavy (non-hydrogen) atoms. The molecule has 0 saturated heterocycles. The lowest BCUT2D eigenvalue weighted by Crippen LogP contribution is -2.49. The van der Waals surface area contributed by atoms with Crippen molar-refractivity contribution in [2.45, 2.75) is 46.7 Å². The highest BCUT2D eigenvalue weighted by molar-refractivity contribution is 5.87. The minimum atomic E-state index is -0.753. The Balaban J connectivity index is 2.15. The standard InChI is InChI=1S/C23H29FN2O3/c1-5-12-25-23(28)18(4)26(14-19-8-6-7-9-21(19)24)22(27)15-29-20-11-10-16(2)17(3)13-20/h6-11,13,18H,5,12,14-15H2,1-4H3,(H,25,28). The summed E-state index contributed by atoms with van der Waals surface area (Å²) in [5, 5.41) is 2.79. The fourth-order valence-corrected chi connectivity index (χ4v) is 2.82. The van der Waals surface area contributed by atoms with Crippen LogP contribution in [0.25, 0.3) is 0 Å². The van der Waals surface area contributed by atoms with E-state index in [0.29, 0.717) is 17.9 Å². The van der Waals surface area contributed by atoms with Gasteiger partial charge in [-0.15, -0.1) is 0 Å². The van der Waals surface area contributed by atoms with E-state index in [1.54, 1.807) is 31.2 Å². The molecular formula is C23H29FN2O3.